The summed E-state index contributed by atoms with van der Waals surface area (Å²) < 4.78 is 0. The van der Waals surface area contributed by atoms with Gasteiger partial charge >= 0.3 is 0 Å². The number of nitrogens with one attached hydrogen (secondary N) is 1. The number of piperazine rings is 1. The van der Waals surface area contributed by atoms with E-state index in [4.69, 9.17) is 0 Å². The first-order valence-corrected chi connectivity index (χ1v) is 9.05. The van der Waals surface area contributed by atoms with Gasteiger partial charge in [-0.05, 0) is 33.9 Å². The van der Waals surface area contributed by atoms with E-state index in [-0.39, 0.29) is 11.9 Å². The molecule has 0 spiro atoms. The first kappa shape index (κ1) is 18.6. The molecule has 0 aromatic rings. The Labute approximate surface area is 140 Å². The highest BCUT2D eigenvalue weighted by molar-refractivity contribution is 5.81. The van der Waals surface area contributed by atoms with Gasteiger partial charge in [0.25, 0.3) is 0 Å². The van der Waals surface area contributed by atoms with Crippen molar-refractivity contribution in [2.45, 2.75) is 50.8 Å². The van der Waals surface area contributed by atoms with Crippen LogP contribution in [0.3, 0.4) is 0 Å². The van der Waals surface area contributed by atoms with E-state index in [2.05, 4.69) is 22.2 Å². The van der Waals surface area contributed by atoms with Crippen molar-refractivity contribution in [3.8, 4) is 0 Å². The first-order valence-electron chi connectivity index (χ1n) is 9.05. The van der Waals surface area contributed by atoms with E-state index >= 15 is 0 Å². The summed E-state index contributed by atoms with van der Waals surface area (Å²) in [5.41, 5.74) is 0. The van der Waals surface area contributed by atoms with Gasteiger partial charge in [0.1, 0.15) is 0 Å². The molecule has 2 atom stereocenters. The molecule has 0 aromatic carbocycles. The minimum Gasteiger partial charge on any atom is -0.390 e. The van der Waals surface area contributed by atoms with E-state index in [0.29, 0.717) is 19.1 Å². The fraction of sp³-hybridized carbons (Fsp3) is 0.941. The zero-order chi connectivity index (χ0) is 16.8. The summed E-state index contributed by atoms with van der Waals surface area (Å²) in [6.07, 6.45) is 4.24. The van der Waals surface area contributed by atoms with Gasteiger partial charge < -0.3 is 15.3 Å². The van der Waals surface area contributed by atoms with E-state index in [9.17, 15) is 9.90 Å². The van der Waals surface area contributed by atoms with Crippen LogP contribution in [0.1, 0.15) is 32.6 Å². The lowest BCUT2D eigenvalue weighted by atomic mass is 10.2. The van der Waals surface area contributed by atoms with Crippen molar-refractivity contribution in [1.82, 2.24) is 20.0 Å². The molecule has 0 bridgehead atoms. The molecule has 6 nitrogen and oxygen atoms in total. The van der Waals surface area contributed by atoms with Crippen LogP contribution in [0.25, 0.3) is 0 Å². The molecule has 2 fully saturated rings. The van der Waals surface area contributed by atoms with Crippen LogP contribution in [0.2, 0.25) is 0 Å². The van der Waals surface area contributed by atoms with Gasteiger partial charge in [-0.2, -0.15) is 0 Å². The molecule has 23 heavy (non-hydrogen) atoms. The van der Waals surface area contributed by atoms with Crippen LogP contribution in [-0.4, -0.2) is 97.3 Å². The second kappa shape index (κ2) is 8.97. The number of rotatable bonds is 7. The lowest BCUT2D eigenvalue weighted by molar-refractivity contribution is -0.126. The molecule has 2 rings (SSSR count). The van der Waals surface area contributed by atoms with E-state index in [0.717, 1.165) is 39.0 Å². The fourth-order valence-corrected chi connectivity index (χ4v) is 3.47. The average Bonchev–Trinajstić information content (AvgIpc) is 3.01. The van der Waals surface area contributed by atoms with Gasteiger partial charge in [0.15, 0.2) is 0 Å². The Morgan fingerprint density at radius 2 is 1.87 bits per heavy atom. The van der Waals surface area contributed by atoms with Crippen molar-refractivity contribution in [3.63, 3.8) is 0 Å². The van der Waals surface area contributed by atoms with Gasteiger partial charge in [0.05, 0.1) is 12.1 Å². The zero-order valence-electron chi connectivity index (χ0n) is 15.0. The van der Waals surface area contributed by atoms with Crippen LogP contribution in [-0.2, 0) is 4.79 Å². The Bertz CT molecular complexity index is 366. The second-order valence-electron chi connectivity index (χ2n) is 7.36. The van der Waals surface area contributed by atoms with Crippen LogP contribution in [0.5, 0.6) is 0 Å². The van der Waals surface area contributed by atoms with Crippen LogP contribution in [0.15, 0.2) is 0 Å². The summed E-state index contributed by atoms with van der Waals surface area (Å²) in [4.78, 5) is 18.9. The average molecular weight is 326 g/mol. The molecule has 1 amide bonds. The minimum absolute atomic E-state index is 0.0891. The lowest BCUT2D eigenvalue weighted by Gasteiger charge is -2.34. The Kier molecular flexibility index (Phi) is 7.27. The number of likely N-dealkylation sites (N-methyl/N-ethyl adjacent to an activating group) is 2. The Morgan fingerprint density at radius 1 is 1.26 bits per heavy atom. The van der Waals surface area contributed by atoms with Gasteiger partial charge in [-0.25, -0.2) is 0 Å². The lowest BCUT2D eigenvalue weighted by Crippen LogP contribution is -2.51. The normalized spacial score (nSPS) is 24.0. The van der Waals surface area contributed by atoms with Crippen LogP contribution >= 0.6 is 0 Å². The molecular formula is C17H34N4O2. The number of carbonyl (C=O) groups excluding carboxylic acids is 1. The third-order valence-corrected chi connectivity index (χ3v) is 5.31. The molecule has 1 heterocycles. The summed E-state index contributed by atoms with van der Waals surface area (Å²) in [7, 11) is 4.05. The highest BCUT2D eigenvalue weighted by Crippen LogP contribution is 2.17. The Hall–Kier alpha value is -0.690. The summed E-state index contributed by atoms with van der Waals surface area (Å²) in [5.74, 6) is 0.0891. The minimum atomic E-state index is -0.412. The molecule has 2 N–H and O–H groups in total. The molecule has 0 radical (unpaired) electrons. The standard InChI is InChI=1S/C17H34N4O2/c1-14(17(23)18-15-6-4-5-7-15)20(3)12-16(22)13-21-10-8-19(2)9-11-21/h14-16,22H,4-13H2,1-3H3,(H,18,23). The number of aliphatic hydroxyl groups is 1. The predicted molar refractivity (Wildman–Crippen MR) is 92.4 cm³/mol. The molecule has 2 unspecified atom stereocenters. The molecule has 1 aliphatic heterocycles. The summed E-state index contributed by atoms with van der Waals surface area (Å²) >= 11 is 0. The maximum atomic E-state index is 12.3. The number of aliphatic hydroxyl groups excluding tert-OH is 1. The number of hydrogen-bond donors (Lipinski definition) is 2. The summed E-state index contributed by atoms with van der Waals surface area (Å²) in [5, 5.41) is 13.5. The Balaban J connectivity index is 1.69. The zero-order valence-corrected chi connectivity index (χ0v) is 15.0. The van der Waals surface area contributed by atoms with Crippen molar-refractivity contribution in [2.24, 2.45) is 0 Å². The predicted octanol–water partition coefficient (Wildman–Crippen LogP) is -0.0262. The smallest absolute Gasteiger partial charge is 0.237 e. The van der Waals surface area contributed by atoms with Crippen molar-refractivity contribution in [3.05, 3.63) is 0 Å². The molecule has 134 valence electrons. The van der Waals surface area contributed by atoms with Crippen molar-refractivity contribution >= 4 is 5.91 Å². The molecule has 1 aliphatic carbocycles. The van der Waals surface area contributed by atoms with E-state index in [1.807, 2.05) is 18.9 Å². The molecule has 6 heteroatoms. The number of amides is 1. The van der Waals surface area contributed by atoms with E-state index < -0.39 is 6.10 Å². The SMILES string of the molecule is CC(C(=O)NC1CCCC1)N(C)CC(O)CN1CCN(C)CC1. The van der Waals surface area contributed by atoms with E-state index in [1.165, 1.54) is 12.8 Å². The van der Waals surface area contributed by atoms with Gasteiger partial charge in [-0.15, -0.1) is 0 Å². The van der Waals surface area contributed by atoms with Crippen molar-refractivity contribution < 1.29 is 9.90 Å². The van der Waals surface area contributed by atoms with Crippen molar-refractivity contribution in [2.75, 3.05) is 53.4 Å². The third-order valence-electron chi connectivity index (χ3n) is 5.31. The second-order valence-corrected chi connectivity index (χ2v) is 7.36. The molecule has 2 aliphatic rings. The van der Waals surface area contributed by atoms with Gasteiger partial charge in [0.2, 0.25) is 5.91 Å². The number of carbonyl (C=O) groups is 1. The maximum absolute atomic E-state index is 12.3. The quantitative estimate of drug-likeness (QED) is 0.688. The summed E-state index contributed by atoms with van der Waals surface area (Å²) in [6, 6.07) is 0.159. The third kappa shape index (κ3) is 6.03. The maximum Gasteiger partial charge on any atom is 0.237 e. The van der Waals surface area contributed by atoms with Crippen LogP contribution in [0, 0.1) is 0 Å². The topological polar surface area (TPSA) is 59.1 Å². The number of hydrogen-bond acceptors (Lipinski definition) is 5. The number of nitrogens with zero attached hydrogens (tertiary/aromatic N) is 3. The molecule has 1 saturated carbocycles. The Morgan fingerprint density at radius 3 is 2.48 bits per heavy atom. The fourth-order valence-electron chi connectivity index (χ4n) is 3.47. The molecular weight excluding hydrogens is 292 g/mol. The van der Waals surface area contributed by atoms with Crippen molar-refractivity contribution in [1.29, 1.82) is 0 Å². The largest absolute Gasteiger partial charge is 0.390 e. The summed E-state index contributed by atoms with van der Waals surface area (Å²) in [6.45, 7) is 7.28. The van der Waals surface area contributed by atoms with Gasteiger partial charge in [0, 0.05) is 45.3 Å². The van der Waals surface area contributed by atoms with E-state index in [1.54, 1.807) is 0 Å². The first-order chi connectivity index (χ1) is 11.0. The molecule has 0 aromatic heterocycles. The monoisotopic (exact) mass is 326 g/mol. The van der Waals surface area contributed by atoms with Gasteiger partial charge in [-0.1, -0.05) is 12.8 Å². The highest BCUT2D eigenvalue weighted by Gasteiger charge is 2.25. The number of β-amino-alcohol motifs (C(OH)–C–C–N with tert-alkyl or cyclic N) is 1. The van der Waals surface area contributed by atoms with Crippen LogP contribution < -0.4 is 5.32 Å². The highest BCUT2D eigenvalue weighted by atomic mass is 16.3. The van der Waals surface area contributed by atoms with Crippen LogP contribution in [0.4, 0.5) is 0 Å². The van der Waals surface area contributed by atoms with Gasteiger partial charge in [-0.3, -0.25) is 14.6 Å². The molecule has 1 saturated heterocycles.